The Balaban J connectivity index is 3.26. The van der Waals surface area contributed by atoms with Gasteiger partial charge in [-0.15, -0.1) is 0 Å². The number of carbonyl (C=O) groups is 1. The topological polar surface area (TPSA) is 37.3 Å². The van der Waals surface area contributed by atoms with Gasteiger partial charge in [-0.25, -0.2) is 0 Å². The Hall–Kier alpha value is -1.31. The molecule has 0 saturated heterocycles. The zero-order chi connectivity index (χ0) is 10.9. The summed E-state index contributed by atoms with van der Waals surface area (Å²) < 4.78 is 0. The molecule has 0 aromatic heterocycles. The lowest BCUT2D eigenvalue weighted by atomic mass is 9.82. The van der Waals surface area contributed by atoms with Gasteiger partial charge >= 0.3 is 5.97 Å². The van der Waals surface area contributed by atoms with E-state index in [-0.39, 0.29) is 0 Å². The molecule has 1 rings (SSSR count). The number of aliphatic carboxylic acids is 1. The summed E-state index contributed by atoms with van der Waals surface area (Å²) in [7, 11) is 0. The van der Waals surface area contributed by atoms with Crippen molar-refractivity contribution in [2.75, 3.05) is 0 Å². The fraction of sp³-hybridized carbons (Fsp3) is 0.417. The zero-order valence-electron chi connectivity index (χ0n) is 9.09. The molecule has 76 valence electrons. The Morgan fingerprint density at radius 3 is 2.29 bits per heavy atom. The van der Waals surface area contributed by atoms with Gasteiger partial charge in [0.25, 0.3) is 0 Å². The lowest BCUT2D eigenvalue weighted by Gasteiger charge is -2.22. The van der Waals surface area contributed by atoms with Gasteiger partial charge in [0.15, 0.2) is 0 Å². The molecule has 14 heavy (non-hydrogen) atoms. The molecule has 0 aliphatic heterocycles. The molecule has 1 N–H and O–H groups in total. The molecular weight excluding hydrogens is 176 g/mol. The normalized spacial score (nSPS) is 11.4. The standard InChI is InChI=1S/C12H16O2/c1-8-5-6-10(9(2)7-8)12(3,4)11(13)14/h5-7H,1-4H3,(H,13,14). The van der Waals surface area contributed by atoms with E-state index in [9.17, 15) is 4.79 Å². The third-order valence-electron chi connectivity index (χ3n) is 2.59. The molecule has 1 aromatic carbocycles. The third kappa shape index (κ3) is 1.79. The fourth-order valence-corrected chi connectivity index (χ4v) is 1.63. The van der Waals surface area contributed by atoms with Crippen LogP contribution in [0.25, 0.3) is 0 Å². The van der Waals surface area contributed by atoms with Crippen molar-refractivity contribution in [3.63, 3.8) is 0 Å². The first-order chi connectivity index (χ1) is 6.35. The lowest BCUT2D eigenvalue weighted by molar-refractivity contribution is -0.142. The van der Waals surface area contributed by atoms with Crippen molar-refractivity contribution in [2.45, 2.75) is 33.1 Å². The molecule has 0 amide bonds. The van der Waals surface area contributed by atoms with Crippen LogP contribution >= 0.6 is 0 Å². The summed E-state index contributed by atoms with van der Waals surface area (Å²) in [5.74, 6) is -0.788. The first-order valence-corrected chi connectivity index (χ1v) is 4.67. The third-order valence-corrected chi connectivity index (χ3v) is 2.59. The number of aryl methyl sites for hydroxylation is 2. The highest BCUT2D eigenvalue weighted by Crippen LogP contribution is 2.26. The molecule has 0 spiro atoms. The minimum Gasteiger partial charge on any atom is -0.481 e. The van der Waals surface area contributed by atoms with E-state index < -0.39 is 11.4 Å². The predicted octanol–water partition coefficient (Wildman–Crippen LogP) is 2.67. The maximum absolute atomic E-state index is 11.1. The van der Waals surface area contributed by atoms with Gasteiger partial charge in [0.05, 0.1) is 5.41 Å². The Kier molecular flexibility index (Phi) is 2.65. The monoisotopic (exact) mass is 192 g/mol. The van der Waals surface area contributed by atoms with Crippen LogP contribution in [-0.2, 0) is 10.2 Å². The van der Waals surface area contributed by atoms with E-state index in [2.05, 4.69) is 0 Å². The van der Waals surface area contributed by atoms with Gasteiger partial charge in [-0.2, -0.15) is 0 Å². The van der Waals surface area contributed by atoms with E-state index in [1.165, 1.54) is 0 Å². The van der Waals surface area contributed by atoms with Gasteiger partial charge in [-0.05, 0) is 38.8 Å². The Bertz CT molecular complexity index is 365. The molecule has 0 unspecified atom stereocenters. The van der Waals surface area contributed by atoms with E-state index in [0.29, 0.717) is 0 Å². The van der Waals surface area contributed by atoms with Gasteiger partial charge in [0, 0.05) is 0 Å². The predicted molar refractivity (Wildman–Crippen MR) is 56.6 cm³/mol. The van der Waals surface area contributed by atoms with Crippen molar-refractivity contribution in [3.8, 4) is 0 Å². The zero-order valence-corrected chi connectivity index (χ0v) is 9.09. The highest BCUT2D eigenvalue weighted by atomic mass is 16.4. The van der Waals surface area contributed by atoms with Crippen LogP contribution in [0.1, 0.15) is 30.5 Å². The summed E-state index contributed by atoms with van der Waals surface area (Å²) in [6.07, 6.45) is 0. The van der Waals surface area contributed by atoms with Crippen LogP contribution in [0.15, 0.2) is 18.2 Å². The highest BCUT2D eigenvalue weighted by molar-refractivity contribution is 5.80. The van der Waals surface area contributed by atoms with Crippen LogP contribution in [-0.4, -0.2) is 11.1 Å². The first-order valence-electron chi connectivity index (χ1n) is 4.67. The van der Waals surface area contributed by atoms with Crippen LogP contribution in [0, 0.1) is 13.8 Å². The van der Waals surface area contributed by atoms with Gasteiger partial charge in [0.1, 0.15) is 0 Å². The molecule has 2 heteroatoms. The van der Waals surface area contributed by atoms with Crippen molar-refractivity contribution in [1.29, 1.82) is 0 Å². The van der Waals surface area contributed by atoms with Crippen molar-refractivity contribution >= 4 is 5.97 Å². The van der Waals surface area contributed by atoms with Gasteiger partial charge in [-0.1, -0.05) is 23.8 Å². The molecule has 1 aromatic rings. The largest absolute Gasteiger partial charge is 0.481 e. The van der Waals surface area contributed by atoms with E-state index in [1.54, 1.807) is 13.8 Å². The summed E-state index contributed by atoms with van der Waals surface area (Å²) in [4.78, 5) is 11.1. The molecule has 0 saturated carbocycles. The summed E-state index contributed by atoms with van der Waals surface area (Å²) in [5.41, 5.74) is 2.28. The average Bonchev–Trinajstić information content (AvgIpc) is 2.02. The smallest absolute Gasteiger partial charge is 0.313 e. The van der Waals surface area contributed by atoms with Crippen LogP contribution in [0.4, 0.5) is 0 Å². The molecule has 0 aliphatic rings. The van der Waals surface area contributed by atoms with E-state index in [1.807, 2.05) is 32.0 Å². The molecule has 2 nitrogen and oxygen atoms in total. The molecule has 0 heterocycles. The van der Waals surface area contributed by atoms with Crippen molar-refractivity contribution < 1.29 is 9.90 Å². The molecule has 0 radical (unpaired) electrons. The number of hydrogen-bond acceptors (Lipinski definition) is 1. The Morgan fingerprint density at radius 1 is 1.29 bits per heavy atom. The number of rotatable bonds is 2. The molecule has 0 bridgehead atoms. The fourth-order valence-electron chi connectivity index (χ4n) is 1.63. The van der Waals surface area contributed by atoms with Gasteiger partial charge in [-0.3, -0.25) is 4.79 Å². The second-order valence-corrected chi connectivity index (χ2v) is 4.25. The maximum Gasteiger partial charge on any atom is 0.313 e. The summed E-state index contributed by atoms with van der Waals surface area (Å²) in [6, 6.07) is 5.87. The number of benzene rings is 1. The maximum atomic E-state index is 11.1. The number of hydrogen-bond donors (Lipinski definition) is 1. The Labute approximate surface area is 84.6 Å². The highest BCUT2D eigenvalue weighted by Gasteiger charge is 2.30. The van der Waals surface area contributed by atoms with Crippen molar-refractivity contribution in [2.24, 2.45) is 0 Å². The van der Waals surface area contributed by atoms with Crippen molar-refractivity contribution in [3.05, 3.63) is 34.9 Å². The van der Waals surface area contributed by atoms with E-state index in [0.717, 1.165) is 16.7 Å². The summed E-state index contributed by atoms with van der Waals surface area (Å²) in [6.45, 7) is 7.41. The van der Waals surface area contributed by atoms with E-state index in [4.69, 9.17) is 5.11 Å². The van der Waals surface area contributed by atoms with Gasteiger partial charge < -0.3 is 5.11 Å². The van der Waals surface area contributed by atoms with Crippen LogP contribution < -0.4 is 0 Å². The van der Waals surface area contributed by atoms with Gasteiger partial charge in [0.2, 0.25) is 0 Å². The second-order valence-electron chi connectivity index (χ2n) is 4.25. The van der Waals surface area contributed by atoms with Crippen LogP contribution in [0.2, 0.25) is 0 Å². The second kappa shape index (κ2) is 3.45. The van der Waals surface area contributed by atoms with Crippen LogP contribution in [0.3, 0.4) is 0 Å². The number of carboxylic acids is 1. The number of carboxylic acid groups (broad SMARTS) is 1. The first kappa shape index (κ1) is 10.8. The minimum absolute atomic E-state index is 0.788. The minimum atomic E-state index is -0.808. The quantitative estimate of drug-likeness (QED) is 0.782. The lowest BCUT2D eigenvalue weighted by Crippen LogP contribution is -2.29. The SMILES string of the molecule is Cc1ccc(C(C)(C)C(=O)O)c(C)c1. The molecule has 0 fully saturated rings. The van der Waals surface area contributed by atoms with E-state index >= 15 is 0 Å². The Morgan fingerprint density at radius 2 is 1.86 bits per heavy atom. The molecular formula is C12H16O2. The molecule has 0 atom stereocenters. The molecule has 0 aliphatic carbocycles. The summed E-state index contributed by atoms with van der Waals surface area (Å²) in [5, 5.41) is 9.09. The average molecular weight is 192 g/mol. The van der Waals surface area contributed by atoms with Crippen molar-refractivity contribution in [1.82, 2.24) is 0 Å². The summed E-state index contributed by atoms with van der Waals surface area (Å²) >= 11 is 0. The van der Waals surface area contributed by atoms with Crippen LogP contribution in [0.5, 0.6) is 0 Å².